The van der Waals surface area contributed by atoms with Crippen molar-refractivity contribution in [3.63, 3.8) is 0 Å². The van der Waals surface area contributed by atoms with E-state index in [1.54, 1.807) is 18.6 Å². The number of carbonyl (C=O) groups excluding carboxylic acids is 1. The molecule has 0 saturated heterocycles. The van der Waals surface area contributed by atoms with Gasteiger partial charge in [-0.3, -0.25) is 9.78 Å². The van der Waals surface area contributed by atoms with Crippen molar-refractivity contribution in [1.29, 1.82) is 0 Å². The van der Waals surface area contributed by atoms with Gasteiger partial charge in [0.15, 0.2) is 5.78 Å². The van der Waals surface area contributed by atoms with Gasteiger partial charge in [0.2, 0.25) is 0 Å². The Morgan fingerprint density at radius 1 is 0.931 bits per heavy atom. The molecule has 0 fully saturated rings. The quantitative estimate of drug-likeness (QED) is 0.449. The zero-order chi connectivity index (χ0) is 19.8. The summed E-state index contributed by atoms with van der Waals surface area (Å²) in [5.41, 5.74) is 4.80. The normalized spacial score (nSPS) is 13.3. The van der Waals surface area contributed by atoms with Crippen molar-refractivity contribution in [2.24, 2.45) is 0 Å². The molecule has 6 heteroatoms. The van der Waals surface area contributed by atoms with Crippen molar-refractivity contribution >= 4 is 17.1 Å². The fraction of sp³-hybridized carbons (Fsp3) is 0.130. The Morgan fingerprint density at radius 3 is 2.62 bits per heavy atom. The standard InChI is InChI=1S/C23H16FN3OS/c24-17-11-15(14-6-8-25-9-7-14)10-16(12-17)22-13-26-23(29-22)20-5-4-18-19(27-20)2-1-3-21(18)28/h4-13H,1-3H2. The lowest BCUT2D eigenvalue weighted by Gasteiger charge is -2.13. The number of ketones is 1. The fourth-order valence-electron chi connectivity index (χ4n) is 3.58. The average Bonchev–Trinajstić information content (AvgIpc) is 3.24. The van der Waals surface area contributed by atoms with Gasteiger partial charge in [-0.1, -0.05) is 0 Å². The first-order valence-electron chi connectivity index (χ1n) is 9.38. The molecule has 0 bridgehead atoms. The van der Waals surface area contributed by atoms with Crippen LogP contribution in [0.25, 0.3) is 32.3 Å². The molecular weight excluding hydrogens is 385 g/mol. The lowest BCUT2D eigenvalue weighted by atomic mass is 9.94. The predicted octanol–water partition coefficient (Wildman–Crippen LogP) is 5.59. The minimum Gasteiger partial charge on any atom is -0.294 e. The van der Waals surface area contributed by atoms with Crippen LogP contribution >= 0.6 is 11.3 Å². The summed E-state index contributed by atoms with van der Waals surface area (Å²) in [4.78, 5) is 26.1. The maximum atomic E-state index is 14.3. The predicted molar refractivity (Wildman–Crippen MR) is 111 cm³/mol. The van der Waals surface area contributed by atoms with E-state index in [-0.39, 0.29) is 11.6 Å². The van der Waals surface area contributed by atoms with E-state index in [0.29, 0.717) is 6.42 Å². The van der Waals surface area contributed by atoms with Crippen LogP contribution in [0.1, 0.15) is 28.9 Å². The number of hydrogen-bond donors (Lipinski definition) is 0. The summed E-state index contributed by atoms with van der Waals surface area (Å²) in [6.45, 7) is 0. The summed E-state index contributed by atoms with van der Waals surface area (Å²) in [6.07, 6.45) is 7.37. The van der Waals surface area contributed by atoms with Gasteiger partial charge in [0, 0.05) is 30.6 Å². The average molecular weight is 401 g/mol. The highest BCUT2D eigenvalue weighted by molar-refractivity contribution is 7.18. The molecule has 0 aliphatic heterocycles. The molecule has 1 aliphatic carbocycles. The number of Topliss-reactive ketones (excluding diaryl/α,β-unsaturated/α-hetero) is 1. The van der Waals surface area contributed by atoms with Gasteiger partial charge in [0.25, 0.3) is 0 Å². The number of aromatic nitrogens is 3. The summed E-state index contributed by atoms with van der Waals surface area (Å²) in [6, 6.07) is 12.4. The topological polar surface area (TPSA) is 55.7 Å². The Balaban J connectivity index is 1.51. The van der Waals surface area contributed by atoms with Gasteiger partial charge >= 0.3 is 0 Å². The molecule has 0 radical (unpaired) electrons. The first kappa shape index (κ1) is 17.8. The second-order valence-corrected chi connectivity index (χ2v) is 7.99. The van der Waals surface area contributed by atoms with Gasteiger partial charge in [0.1, 0.15) is 10.8 Å². The van der Waals surface area contributed by atoms with Crippen molar-refractivity contribution in [2.45, 2.75) is 19.3 Å². The Morgan fingerprint density at radius 2 is 1.76 bits per heavy atom. The highest BCUT2D eigenvalue weighted by Crippen LogP contribution is 2.35. The molecule has 0 spiro atoms. The van der Waals surface area contributed by atoms with Crippen LogP contribution in [0.2, 0.25) is 0 Å². The zero-order valence-electron chi connectivity index (χ0n) is 15.4. The van der Waals surface area contributed by atoms with Crippen LogP contribution < -0.4 is 0 Å². The molecule has 0 amide bonds. The molecule has 1 aliphatic rings. The van der Waals surface area contributed by atoms with Crippen LogP contribution in [-0.2, 0) is 6.42 Å². The molecule has 142 valence electrons. The number of hydrogen-bond acceptors (Lipinski definition) is 5. The lowest BCUT2D eigenvalue weighted by Crippen LogP contribution is -2.12. The number of benzene rings is 1. The van der Waals surface area contributed by atoms with Crippen molar-refractivity contribution in [3.05, 3.63) is 78.1 Å². The highest BCUT2D eigenvalue weighted by atomic mass is 32.1. The summed E-state index contributed by atoms with van der Waals surface area (Å²) in [5.74, 6) is -0.136. The number of fused-ring (bicyclic) bond motifs is 1. The molecule has 4 aromatic rings. The second-order valence-electron chi connectivity index (χ2n) is 6.96. The molecule has 0 unspecified atom stereocenters. The van der Waals surface area contributed by atoms with Crippen molar-refractivity contribution in [2.75, 3.05) is 0 Å². The van der Waals surface area contributed by atoms with Gasteiger partial charge in [-0.2, -0.15) is 0 Å². The third-order valence-electron chi connectivity index (χ3n) is 5.01. The summed E-state index contributed by atoms with van der Waals surface area (Å²) in [5, 5.41) is 0.760. The zero-order valence-corrected chi connectivity index (χ0v) is 16.2. The van der Waals surface area contributed by atoms with Crippen LogP contribution in [0, 0.1) is 5.82 Å². The first-order valence-corrected chi connectivity index (χ1v) is 10.2. The number of nitrogens with zero attached hydrogens (tertiary/aromatic N) is 3. The Kier molecular flexibility index (Phi) is 4.48. The number of carbonyl (C=O) groups is 1. The Labute approximate surface area is 171 Å². The SMILES string of the molecule is O=C1CCCc2nc(-c3ncc(-c4cc(F)cc(-c5ccncc5)c4)s3)ccc21. The largest absolute Gasteiger partial charge is 0.294 e. The Hall–Kier alpha value is -3.25. The van der Waals surface area contributed by atoms with Gasteiger partial charge in [-0.05, 0) is 72.0 Å². The minimum atomic E-state index is -0.297. The molecule has 3 heterocycles. The molecule has 5 rings (SSSR count). The van der Waals surface area contributed by atoms with Crippen LogP contribution in [0.3, 0.4) is 0 Å². The van der Waals surface area contributed by atoms with E-state index >= 15 is 0 Å². The number of pyridine rings is 2. The van der Waals surface area contributed by atoms with Gasteiger partial charge in [-0.25, -0.2) is 14.4 Å². The lowest BCUT2D eigenvalue weighted by molar-refractivity contribution is 0.0971. The van der Waals surface area contributed by atoms with Crippen LogP contribution in [0.4, 0.5) is 4.39 Å². The highest BCUT2D eigenvalue weighted by Gasteiger charge is 2.19. The monoisotopic (exact) mass is 401 g/mol. The smallest absolute Gasteiger partial charge is 0.164 e. The summed E-state index contributed by atoms with van der Waals surface area (Å²) in [7, 11) is 0. The third-order valence-corrected chi connectivity index (χ3v) is 6.08. The molecular formula is C23H16FN3OS. The van der Waals surface area contributed by atoms with E-state index in [1.807, 2.05) is 30.3 Å². The molecule has 3 aromatic heterocycles. The Bertz CT molecular complexity index is 1220. The van der Waals surface area contributed by atoms with Gasteiger partial charge in [-0.15, -0.1) is 11.3 Å². The van der Waals surface area contributed by atoms with E-state index in [4.69, 9.17) is 0 Å². The number of halogens is 1. The van der Waals surface area contributed by atoms with Gasteiger partial charge < -0.3 is 0 Å². The molecule has 4 nitrogen and oxygen atoms in total. The maximum absolute atomic E-state index is 14.3. The van der Waals surface area contributed by atoms with E-state index in [9.17, 15) is 9.18 Å². The van der Waals surface area contributed by atoms with Crippen LogP contribution in [-0.4, -0.2) is 20.7 Å². The first-order chi connectivity index (χ1) is 14.2. The maximum Gasteiger partial charge on any atom is 0.164 e. The van der Waals surface area contributed by atoms with Gasteiger partial charge in [0.05, 0.1) is 16.3 Å². The molecule has 1 aromatic carbocycles. The number of thiazole rings is 1. The molecule has 29 heavy (non-hydrogen) atoms. The number of aryl methyl sites for hydroxylation is 1. The summed E-state index contributed by atoms with van der Waals surface area (Å²) < 4.78 is 14.3. The van der Waals surface area contributed by atoms with Crippen molar-refractivity contribution < 1.29 is 9.18 Å². The van der Waals surface area contributed by atoms with E-state index in [0.717, 1.165) is 56.4 Å². The molecule has 0 saturated carbocycles. The van der Waals surface area contributed by atoms with Crippen molar-refractivity contribution in [3.8, 4) is 32.3 Å². The molecule has 0 N–H and O–H groups in total. The third kappa shape index (κ3) is 3.47. The van der Waals surface area contributed by atoms with E-state index in [2.05, 4.69) is 15.0 Å². The van der Waals surface area contributed by atoms with E-state index < -0.39 is 0 Å². The van der Waals surface area contributed by atoms with Crippen molar-refractivity contribution in [1.82, 2.24) is 15.0 Å². The van der Waals surface area contributed by atoms with Crippen LogP contribution in [0.15, 0.2) is 61.1 Å². The van der Waals surface area contributed by atoms with Crippen LogP contribution in [0.5, 0.6) is 0 Å². The second kappa shape index (κ2) is 7.29. The fourth-order valence-corrected chi connectivity index (χ4v) is 4.46. The summed E-state index contributed by atoms with van der Waals surface area (Å²) >= 11 is 1.47. The molecule has 0 atom stereocenters. The number of rotatable bonds is 3. The minimum absolute atomic E-state index is 0.161. The van der Waals surface area contributed by atoms with E-state index in [1.165, 1.54) is 23.5 Å².